The third-order valence-electron chi connectivity index (χ3n) is 7.80. The predicted molar refractivity (Wildman–Crippen MR) is 151 cm³/mol. The van der Waals surface area contributed by atoms with Crippen molar-refractivity contribution < 1.29 is 26.8 Å². The second-order valence-corrected chi connectivity index (χ2v) is 14.3. The van der Waals surface area contributed by atoms with Crippen LogP contribution in [-0.2, 0) is 25.0 Å². The van der Waals surface area contributed by atoms with Crippen molar-refractivity contribution in [2.45, 2.75) is 49.6 Å². The topological polar surface area (TPSA) is 126 Å². The summed E-state index contributed by atoms with van der Waals surface area (Å²) < 4.78 is 56.0. The van der Waals surface area contributed by atoms with Crippen LogP contribution in [0, 0.1) is 17.0 Å². The maximum Gasteiger partial charge on any atom is 0.243 e. The van der Waals surface area contributed by atoms with Crippen molar-refractivity contribution in [1.82, 2.24) is 15.4 Å². The average Bonchev–Trinajstić information content (AvgIpc) is 3.43. The fourth-order valence-corrected chi connectivity index (χ4v) is 7.38. The molecular weight excluding hydrogens is 585 g/mol. The van der Waals surface area contributed by atoms with Crippen molar-refractivity contribution in [3.63, 3.8) is 0 Å². The van der Waals surface area contributed by atoms with Gasteiger partial charge in [-0.15, -0.1) is 0 Å². The number of fused-ring (bicyclic) bond motifs is 1. The number of halogens is 4. The molecule has 0 bridgehead atoms. The molecule has 4 unspecified atom stereocenters. The Morgan fingerprint density at radius 1 is 1.15 bits per heavy atom. The van der Waals surface area contributed by atoms with Crippen LogP contribution in [0.1, 0.15) is 44.2 Å². The first kappa shape index (κ1) is 30.6. The number of sulfonamides is 1. The van der Waals surface area contributed by atoms with Crippen LogP contribution in [-0.4, -0.2) is 58.1 Å². The number of rotatable bonds is 10. The van der Waals surface area contributed by atoms with E-state index in [2.05, 4.69) is 20.7 Å². The van der Waals surface area contributed by atoms with Gasteiger partial charge in [-0.3, -0.25) is 10.1 Å². The molecule has 0 aromatic heterocycles. The Bertz CT molecular complexity index is 1490. The molecular formula is C27H32Cl2F2N4O4S. The largest absolute Gasteiger partial charge is 0.388 e. The molecule has 2 aliphatic rings. The first-order valence-corrected chi connectivity index (χ1v) is 15.3. The number of carbonyl (C=O) groups is 2. The lowest BCUT2D eigenvalue weighted by atomic mass is 9.41. The third-order valence-corrected chi connectivity index (χ3v) is 9.11. The van der Waals surface area contributed by atoms with Gasteiger partial charge in [0.25, 0.3) is 0 Å². The van der Waals surface area contributed by atoms with E-state index in [1.54, 1.807) is 7.05 Å². The van der Waals surface area contributed by atoms with Crippen LogP contribution < -0.4 is 20.7 Å². The molecule has 4 N–H and O–H groups in total. The molecule has 1 aliphatic carbocycles. The fourth-order valence-electron chi connectivity index (χ4n) is 6.56. The summed E-state index contributed by atoms with van der Waals surface area (Å²) in [4.78, 5) is 27.4. The van der Waals surface area contributed by atoms with E-state index in [-0.39, 0.29) is 40.7 Å². The number of aldehydes is 1. The summed E-state index contributed by atoms with van der Waals surface area (Å²) in [6.07, 6.45) is 1.93. The molecule has 40 heavy (non-hydrogen) atoms. The number of anilines is 1. The highest BCUT2D eigenvalue weighted by atomic mass is 35.5. The van der Waals surface area contributed by atoms with Crippen LogP contribution in [0.5, 0.6) is 0 Å². The van der Waals surface area contributed by atoms with Gasteiger partial charge in [-0.05, 0) is 41.2 Å². The zero-order valence-electron chi connectivity index (χ0n) is 22.7. The Balaban J connectivity index is 1.95. The number of nitrogens with one attached hydrogen (secondary N) is 4. The maximum absolute atomic E-state index is 15.7. The molecule has 218 valence electrons. The van der Waals surface area contributed by atoms with Gasteiger partial charge in [0.15, 0.2) is 0 Å². The summed E-state index contributed by atoms with van der Waals surface area (Å²) in [5.74, 6) is -3.27. The minimum Gasteiger partial charge on any atom is -0.388 e. The number of carbonyl (C=O) groups excluding carboxylic acids is 2. The molecule has 1 amide bonds. The molecule has 1 saturated heterocycles. The summed E-state index contributed by atoms with van der Waals surface area (Å²) in [5, 5.41) is 8.62. The second kappa shape index (κ2) is 10.2. The van der Waals surface area contributed by atoms with Crippen LogP contribution in [0.15, 0.2) is 30.3 Å². The summed E-state index contributed by atoms with van der Waals surface area (Å²) >= 11 is 12.2. The Hall–Kier alpha value is -2.31. The van der Waals surface area contributed by atoms with E-state index in [0.717, 1.165) is 12.3 Å². The third kappa shape index (κ3) is 4.59. The Morgan fingerprint density at radius 3 is 2.40 bits per heavy atom. The lowest BCUT2D eigenvalue weighted by Crippen LogP contribution is -2.71. The predicted octanol–water partition coefficient (Wildman–Crippen LogP) is 3.73. The Morgan fingerprint density at radius 2 is 1.82 bits per heavy atom. The van der Waals surface area contributed by atoms with Crippen LogP contribution in [0.2, 0.25) is 10.0 Å². The molecule has 8 nitrogen and oxygen atoms in total. The molecule has 2 aromatic carbocycles. The molecule has 4 rings (SSSR count). The van der Waals surface area contributed by atoms with E-state index in [0.29, 0.717) is 12.0 Å². The molecule has 4 atom stereocenters. The van der Waals surface area contributed by atoms with Crippen molar-refractivity contribution in [2.24, 2.45) is 5.41 Å². The SMILES string of the molecule is CNc1cc(Cl)c(F)cc1C1(C=O)C(c2cccc(Cl)c2F)C2(C(=O)NCCNS(C)(=O)=O)NC21CC(C)(C)C. The van der Waals surface area contributed by atoms with Gasteiger partial charge in [0.2, 0.25) is 15.9 Å². The van der Waals surface area contributed by atoms with Gasteiger partial charge < -0.3 is 15.4 Å². The van der Waals surface area contributed by atoms with Gasteiger partial charge in [-0.1, -0.05) is 56.1 Å². The molecule has 1 saturated carbocycles. The minimum absolute atomic E-state index is 0.0101. The number of amides is 1. The molecule has 0 spiro atoms. The van der Waals surface area contributed by atoms with Gasteiger partial charge in [0, 0.05) is 31.7 Å². The normalized spacial score (nSPS) is 27.4. The second-order valence-electron chi connectivity index (χ2n) is 11.6. The summed E-state index contributed by atoms with van der Waals surface area (Å²) in [6, 6.07) is 6.84. The van der Waals surface area contributed by atoms with Gasteiger partial charge in [-0.2, -0.15) is 0 Å². The number of hydrogen-bond donors (Lipinski definition) is 4. The zero-order chi connectivity index (χ0) is 29.9. The molecule has 1 heterocycles. The Labute approximate surface area is 242 Å². The van der Waals surface area contributed by atoms with E-state index >= 15 is 8.78 Å². The monoisotopic (exact) mass is 616 g/mol. The highest BCUT2D eigenvalue weighted by Crippen LogP contribution is 2.77. The van der Waals surface area contributed by atoms with Crippen molar-refractivity contribution in [3.05, 3.63) is 63.1 Å². The lowest BCUT2D eigenvalue weighted by Gasteiger charge is -2.57. The van der Waals surface area contributed by atoms with E-state index in [9.17, 15) is 18.0 Å². The zero-order valence-corrected chi connectivity index (χ0v) is 25.0. The number of hydrogen-bond acceptors (Lipinski definition) is 6. The van der Waals surface area contributed by atoms with Gasteiger partial charge in [-0.25, -0.2) is 21.9 Å². The molecule has 13 heteroatoms. The lowest BCUT2D eigenvalue weighted by molar-refractivity contribution is -0.132. The highest BCUT2D eigenvalue weighted by molar-refractivity contribution is 7.88. The van der Waals surface area contributed by atoms with Crippen LogP contribution in [0.25, 0.3) is 0 Å². The molecule has 0 radical (unpaired) electrons. The number of benzene rings is 2. The van der Waals surface area contributed by atoms with Crippen LogP contribution in [0.4, 0.5) is 14.5 Å². The highest BCUT2D eigenvalue weighted by Gasteiger charge is 2.95. The van der Waals surface area contributed by atoms with Crippen molar-refractivity contribution in [3.8, 4) is 0 Å². The molecule has 1 aliphatic heterocycles. The van der Waals surface area contributed by atoms with Gasteiger partial charge in [0.1, 0.15) is 23.5 Å². The fraction of sp³-hybridized carbons (Fsp3) is 0.481. The van der Waals surface area contributed by atoms with E-state index in [1.807, 2.05) is 20.8 Å². The minimum atomic E-state index is -3.49. The first-order valence-electron chi connectivity index (χ1n) is 12.6. The van der Waals surface area contributed by atoms with E-state index in [1.165, 1.54) is 24.3 Å². The summed E-state index contributed by atoms with van der Waals surface area (Å²) in [7, 11) is -1.91. The van der Waals surface area contributed by atoms with Crippen molar-refractivity contribution >= 4 is 51.1 Å². The quantitative estimate of drug-likeness (QED) is 0.183. The maximum atomic E-state index is 15.7. The van der Waals surface area contributed by atoms with Crippen molar-refractivity contribution in [2.75, 3.05) is 31.7 Å². The van der Waals surface area contributed by atoms with Crippen LogP contribution in [0.3, 0.4) is 0 Å². The summed E-state index contributed by atoms with van der Waals surface area (Å²) in [6.45, 7) is 5.67. The van der Waals surface area contributed by atoms with Crippen LogP contribution >= 0.6 is 23.2 Å². The summed E-state index contributed by atoms with van der Waals surface area (Å²) in [5.41, 5.74) is -4.23. The van der Waals surface area contributed by atoms with Gasteiger partial charge in [0.05, 0.1) is 27.3 Å². The van der Waals surface area contributed by atoms with Gasteiger partial charge >= 0.3 is 0 Å². The smallest absolute Gasteiger partial charge is 0.243 e. The molecule has 2 fully saturated rings. The standard InChI is InChI=1S/C27H32Cl2F2N4O4S/c1-24(2,3)13-26-25(14-36,16-11-19(30)18(29)12-20(16)32-4)22(15-7-6-8-17(28)21(15)31)27(26,35-26)23(37)33-9-10-34-40(5,38)39/h6-8,11-12,14,22,32,34-35H,9-10,13H2,1-5H3,(H,33,37). The molecule has 2 aromatic rings. The average molecular weight is 618 g/mol. The van der Waals surface area contributed by atoms with Crippen molar-refractivity contribution in [1.29, 1.82) is 0 Å². The Kier molecular flexibility index (Phi) is 7.81. The van der Waals surface area contributed by atoms with E-state index < -0.39 is 55.4 Å². The first-order chi connectivity index (χ1) is 18.5. The van der Waals surface area contributed by atoms with E-state index in [4.69, 9.17) is 23.2 Å².